The fourth-order valence-electron chi connectivity index (χ4n) is 3.53. The van der Waals surface area contributed by atoms with Crippen LogP contribution in [0.15, 0.2) is 36.4 Å². The summed E-state index contributed by atoms with van der Waals surface area (Å²) in [5, 5.41) is 12.9. The van der Waals surface area contributed by atoms with Gasteiger partial charge in [0, 0.05) is 31.4 Å². The van der Waals surface area contributed by atoms with Gasteiger partial charge in [0.15, 0.2) is 11.5 Å². The van der Waals surface area contributed by atoms with Crippen molar-refractivity contribution in [2.24, 2.45) is 0 Å². The van der Waals surface area contributed by atoms with Crippen LogP contribution in [0.5, 0.6) is 23.0 Å². The molecule has 1 aliphatic rings. The number of hydrogen-bond donors (Lipinski definition) is 2. The van der Waals surface area contributed by atoms with E-state index in [2.05, 4.69) is 22.3 Å². The van der Waals surface area contributed by atoms with E-state index < -0.39 is 0 Å². The summed E-state index contributed by atoms with van der Waals surface area (Å²) < 4.78 is 15.5. The number of hydrogen-bond acceptors (Lipinski definition) is 6. The van der Waals surface area contributed by atoms with Gasteiger partial charge in [0.2, 0.25) is 11.7 Å². The minimum Gasteiger partial charge on any atom is -0.502 e. The third kappa shape index (κ3) is 4.97. The molecule has 1 aliphatic heterocycles. The van der Waals surface area contributed by atoms with Gasteiger partial charge in [0.1, 0.15) is 5.75 Å². The molecule has 2 aromatic rings. The number of ether oxygens (including phenoxy) is 3. The summed E-state index contributed by atoms with van der Waals surface area (Å²) in [5.74, 6) is 1.23. The second-order valence-corrected chi connectivity index (χ2v) is 6.98. The third-order valence-corrected chi connectivity index (χ3v) is 5.11. The van der Waals surface area contributed by atoms with Crippen LogP contribution >= 0.6 is 0 Å². The first kappa shape index (κ1) is 21.4. The Morgan fingerprint density at radius 2 is 1.87 bits per heavy atom. The minimum atomic E-state index is -0.174. The van der Waals surface area contributed by atoms with Crippen molar-refractivity contribution in [3.8, 4) is 23.0 Å². The van der Waals surface area contributed by atoms with Gasteiger partial charge in [-0.05, 0) is 60.4 Å². The molecule has 0 spiro atoms. The Kier molecular flexibility index (Phi) is 7.06. The van der Waals surface area contributed by atoms with Gasteiger partial charge in [0.05, 0.1) is 21.3 Å². The zero-order valence-electron chi connectivity index (χ0n) is 17.6. The number of amides is 1. The van der Waals surface area contributed by atoms with Gasteiger partial charge in [-0.1, -0.05) is 0 Å². The van der Waals surface area contributed by atoms with Crippen molar-refractivity contribution < 1.29 is 24.1 Å². The predicted octanol–water partition coefficient (Wildman–Crippen LogP) is 3.00. The Hall–Kier alpha value is -3.35. The van der Waals surface area contributed by atoms with Crippen molar-refractivity contribution in [2.45, 2.75) is 12.8 Å². The number of phenols is 1. The maximum atomic E-state index is 12.1. The van der Waals surface area contributed by atoms with Gasteiger partial charge in [-0.15, -0.1) is 0 Å². The number of phenolic OH excluding ortho intramolecular Hbond substituents is 1. The van der Waals surface area contributed by atoms with Crippen molar-refractivity contribution in [1.82, 2.24) is 5.32 Å². The molecule has 0 saturated carbocycles. The summed E-state index contributed by atoms with van der Waals surface area (Å²) in [6, 6.07) is 9.46. The molecule has 0 radical (unpaired) electrons. The first-order valence-corrected chi connectivity index (χ1v) is 9.88. The van der Waals surface area contributed by atoms with Gasteiger partial charge in [-0.2, -0.15) is 0 Å². The largest absolute Gasteiger partial charge is 0.502 e. The number of nitrogens with one attached hydrogen (secondary N) is 1. The number of anilines is 1. The Labute approximate surface area is 176 Å². The highest BCUT2D eigenvalue weighted by Gasteiger charge is 2.19. The zero-order valence-corrected chi connectivity index (χ0v) is 17.6. The third-order valence-electron chi connectivity index (χ3n) is 5.11. The van der Waals surface area contributed by atoms with Crippen LogP contribution < -0.4 is 24.4 Å². The van der Waals surface area contributed by atoms with Crippen LogP contribution in [0.1, 0.15) is 17.5 Å². The van der Waals surface area contributed by atoms with Gasteiger partial charge in [0.25, 0.3) is 0 Å². The van der Waals surface area contributed by atoms with Gasteiger partial charge in [-0.25, -0.2) is 0 Å². The van der Waals surface area contributed by atoms with E-state index in [4.69, 9.17) is 14.2 Å². The van der Waals surface area contributed by atoms with Crippen molar-refractivity contribution in [1.29, 1.82) is 0 Å². The maximum absolute atomic E-state index is 12.1. The average molecular weight is 412 g/mol. The van der Waals surface area contributed by atoms with Crippen molar-refractivity contribution in [3.05, 3.63) is 47.5 Å². The van der Waals surface area contributed by atoms with E-state index in [1.165, 1.54) is 31.5 Å². The number of fused-ring (bicyclic) bond motifs is 1. The quantitative estimate of drug-likeness (QED) is 0.487. The Morgan fingerprint density at radius 3 is 2.53 bits per heavy atom. The maximum Gasteiger partial charge on any atom is 0.244 e. The summed E-state index contributed by atoms with van der Waals surface area (Å²) in [6.07, 6.45) is 4.99. The molecule has 7 nitrogen and oxygen atoms in total. The molecule has 160 valence electrons. The molecule has 1 amide bonds. The van der Waals surface area contributed by atoms with E-state index >= 15 is 0 Å². The fourth-order valence-corrected chi connectivity index (χ4v) is 3.53. The zero-order chi connectivity index (χ0) is 21.5. The molecule has 7 heteroatoms. The SMILES string of the molecule is COc1ccc2c(c1)CCN2CCCNC(=O)/C=C/c1cc(OC)c(O)c(OC)c1. The molecule has 2 aromatic carbocycles. The monoisotopic (exact) mass is 412 g/mol. The molecule has 0 aliphatic carbocycles. The normalized spacial score (nSPS) is 12.7. The summed E-state index contributed by atoms with van der Waals surface area (Å²) in [4.78, 5) is 14.5. The van der Waals surface area contributed by atoms with Crippen molar-refractivity contribution in [3.63, 3.8) is 0 Å². The molecular formula is C23H28N2O5. The summed E-state index contributed by atoms with van der Waals surface area (Å²) >= 11 is 0. The van der Waals surface area contributed by atoms with Crippen LogP contribution in [0, 0.1) is 0 Å². The number of rotatable bonds is 9. The smallest absolute Gasteiger partial charge is 0.244 e. The Balaban J connectivity index is 1.47. The van der Waals surface area contributed by atoms with E-state index in [0.29, 0.717) is 12.1 Å². The number of carbonyl (C=O) groups excluding carboxylic acids is 1. The fraction of sp³-hybridized carbons (Fsp3) is 0.348. The van der Waals surface area contributed by atoms with Gasteiger partial charge < -0.3 is 29.5 Å². The number of aromatic hydroxyl groups is 1. The van der Waals surface area contributed by atoms with Crippen LogP contribution in [0.3, 0.4) is 0 Å². The minimum absolute atomic E-state index is 0.0662. The highest BCUT2D eigenvalue weighted by molar-refractivity contribution is 5.91. The highest BCUT2D eigenvalue weighted by atomic mass is 16.5. The van der Waals surface area contributed by atoms with E-state index in [9.17, 15) is 9.90 Å². The Morgan fingerprint density at radius 1 is 1.13 bits per heavy atom. The van der Waals surface area contributed by atoms with E-state index in [-0.39, 0.29) is 23.2 Å². The first-order valence-electron chi connectivity index (χ1n) is 9.88. The van der Waals surface area contributed by atoms with E-state index in [1.807, 2.05) is 6.07 Å². The Bertz CT molecular complexity index is 901. The van der Waals surface area contributed by atoms with Crippen LogP contribution in [0.4, 0.5) is 5.69 Å². The molecule has 3 rings (SSSR count). The first-order chi connectivity index (χ1) is 14.5. The van der Waals surface area contributed by atoms with E-state index in [0.717, 1.165) is 31.7 Å². The van der Waals surface area contributed by atoms with Gasteiger partial charge in [-0.3, -0.25) is 4.79 Å². The van der Waals surface area contributed by atoms with Crippen molar-refractivity contribution >= 4 is 17.7 Å². The van der Waals surface area contributed by atoms with Crippen LogP contribution in [0.2, 0.25) is 0 Å². The van der Waals surface area contributed by atoms with Crippen molar-refractivity contribution in [2.75, 3.05) is 45.9 Å². The molecule has 0 atom stereocenters. The lowest BCUT2D eigenvalue weighted by atomic mass is 10.1. The summed E-state index contributed by atoms with van der Waals surface area (Å²) in [7, 11) is 4.61. The number of carbonyl (C=O) groups is 1. The molecule has 0 unspecified atom stereocenters. The van der Waals surface area contributed by atoms with Gasteiger partial charge >= 0.3 is 0 Å². The van der Waals surface area contributed by atoms with Crippen LogP contribution in [0.25, 0.3) is 6.08 Å². The molecule has 0 bridgehead atoms. The molecule has 30 heavy (non-hydrogen) atoms. The lowest BCUT2D eigenvalue weighted by Gasteiger charge is -2.19. The van der Waals surface area contributed by atoms with Crippen LogP contribution in [-0.2, 0) is 11.2 Å². The molecule has 2 N–H and O–H groups in total. The predicted molar refractivity (Wildman–Crippen MR) is 117 cm³/mol. The second kappa shape index (κ2) is 9.91. The number of nitrogens with zero attached hydrogens (tertiary/aromatic N) is 1. The molecule has 0 saturated heterocycles. The molecular weight excluding hydrogens is 384 g/mol. The standard InChI is InChI=1S/C23H28N2O5/c1-28-18-6-7-19-17(15-18)9-12-25(19)11-4-10-24-22(26)8-5-16-13-20(29-2)23(27)21(14-16)30-3/h5-8,13-15,27H,4,9-12H2,1-3H3,(H,24,26)/b8-5+. The molecule has 0 fully saturated rings. The average Bonchev–Trinajstić information content (AvgIpc) is 3.17. The van der Waals surface area contributed by atoms with E-state index in [1.54, 1.807) is 25.3 Å². The number of benzene rings is 2. The second-order valence-electron chi connectivity index (χ2n) is 6.98. The lowest BCUT2D eigenvalue weighted by Crippen LogP contribution is -2.28. The topological polar surface area (TPSA) is 80.3 Å². The van der Waals surface area contributed by atoms with Crippen LogP contribution in [-0.4, -0.2) is 52.0 Å². The molecule has 1 heterocycles. The summed E-state index contributed by atoms with van der Waals surface area (Å²) in [6.45, 7) is 2.46. The lowest BCUT2D eigenvalue weighted by molar-refractivity contribution is -0.116. The summed E-state index contributed by atoms with van der Waals surface area (Å²) in [5.41, 5.74) is 3.25. The molecule has 0 aromatic heterocycles. The highest BCUT2D eigenvalue weighted by Crippen LogP contribution is 2.37. The number of methoxy groups -OCH3 is 3.